The SMILES string of the molecule is C[C@H](N[C@@H]1[C@H]2CCO[C@@H]2C12CCC2)c1cnc2ccsc2c1. The summed E-state index contributed by atoms with van der Waals surface area (Å²) in [6.07, 6.45) is 7.90. The van der Waals surface area contributed by atoms with Crippen LogP contribution in [0.5, 0.6) is 0 Å². The molecule has 2 saturated carbocycles. The summed E-state index contributed by atoms with van der Waals surface area (Å²) >= 11 is 1.78. The molecule has 3 aliphatic rings. The zero-order valence-electron chi connectivity index (χ0n) is 12.9. The van der Waals surface area contributed by atoms with Crippen LogP contribution in [0, 0.1) is 11.3 Å². The van der Waals surface area contributed by atoms with E-state index in [1.165, 1.54) is 35.9 Å². The molecule has 0 aromatic carbocycles. The summed E-state index contributed by atoms with van der Waals surface area (Å²) in [7, 11) is 0. The van der Waals surface area contributed by atoms with E-state index in [0.717, 1.165) is 18.0 Å². The minimum Gasteiger partial charge on any atom is -0.377 e. The summed E-state index contributed by atoms with van der Waals surface area (Å²) in [5.74, 6) is 0.737. The van der Waals surface area contributed by atoms with Gasteiger partial charge in [0, 0.05) is 36.2 Å². The van der Waals surface area contributed by atoms with Gasteiger partial charge in [-0.1, -0.05) is 6.42 Å². The highest BCUT2D eigenvalue weighted by Crippen LogP contribution is 2.63. The molecule has 116 valence electrons. The molecule has 1 saturated heterocycles. The fourth-order valence-electron chi connectivity index (χ4n) is 4.96. The molecular weight excluding hydrogens is 292 g/mol. The Labute approximate surface area is 135 Å². The molecule has 2 aromatic heterocycles. The van der Waals surface area contributed by atoms with E-state index in [2.05, 4.69) is 34.7 Å². The smallest absolute Gasteiger partial charge is 0.0809 e. The molecule has 0 bridgehead atoms. The second kappa shape index (κ2) is 4.76. The molecule has 0 amide bonds. The van der Waals surface area contributed by atoms with Crippen molar-refractivity contribution in [2.45, 2.75) is 50.8 Å². The van der Waals surface area contributed by atoms with E-state index in [9.17, 15) is 0 Å². The molecule has 1 spiro atoms. The molecule has 4 heteroatoms. The van der Waals surface area contributed by atoms with Crippen LogP contribution in [0.2, 0.25) is 0 Å². The molecule has 0 unspecified atom stereocenters. The van der Waals surface area contributed by atoms with E-state index in [1.54, 1.807) is 11.3 Å². The van der Waals surface area contributed by atoms with Gasteiger partial charge in [0.2, 0.25) is 0 Å². The first-order valence-corrected chi connectivity index (χ1v) is 9.37. The van der Waals surface area contributed by atoms with Crippen molar-refractivity contribution >= 4 is 21.6 Å². The zero-order valence-corrected chi connectivity index (χ0v) is 13.7. The Kier molecular flexibility index (Phi) is 2.91. The molecule has 3 nitrogen and oxygen atoms in total. The fraction of sp³-hybridized carbons (Fsp3) is 0.611. The van der Waals surface area contributed by atoms with Gasteiger partial charge in [-0.3, -0.25) is 4.98 Å². The van der Waals surface area contributed by atoms with Crippen LogP contribution in [-0.4, -0.2) is 23.7 Å². The Hall–Kier alpha value is -0.970. The average molecular weight is 314 g/mol. The molecule has 2 aliphatic carbocycles. The lowest BCUT2D eigenvalue weighted by Gasteiger charge is -2.64. The van der Waals surface area contributed by atoms with Gasteiger partial charge in [0.05, 0.1) is 16.3 Å². The van der Waals surface area contributed by atoms with E-state index in [0.29, 0.717) is 23.6 Å². The minimum atomic E-state index is 0.364. The third kappa shape index (κ3) is 1.72. The largest absolute Gasteiger partial charge is 0.377 e. The number of fused-ring (bicyclic) bond motifs is 3. The number of rotatable bonds is 3. The molecular formula is C18H22N2OS. The van der Waals surface area contributed by atoms with Gasteiger partial charge >= 0.3 is 0 Å². The highest BCUT2D eigenvalue weighted by atomic mass is 32.1. The Morgan fingerprint density at radius 1 is 1.45 bits per heavy atom. The van der Waals surface area contributed by atoms with Gasteiger partial charge in [-0.2, -0.15) is 0 Å². The number of hydrogen-bond acceptors (Lipinski definition) is 4. The van der Waals surface area contributed by atoms with Crippen LogP contribution in [0.15, 0.2) is 23.7 Å². The van der Waals surface area contributed by atoms with E-state index in [1.807, 2.05) is 6.20 Å². The van der Waals surface area contributed by atoms with Crippen molar-refractivity contribution in [1.29, 1.82) is 0 Å². The highest BCUT2D eigenvalue weighted by molar-refractivity contribution is 7.17. The first kappa shape index (κ1) is 13.5. The summed E-state index contributed by atoms with van der Waals surface area (Å²) in [6, 6.07) is 5.41. The van der Waals surface area contributed by atoms with Crippen molar-refractivity contribution in [1.82, 2.24) is 10.3 Å². The summed E-state index contributed by atoms with van der Waals surface area (Å²) in [6.45, 7) is 3.25. The average Bonchev–Trinajstić information content (AvgIpc) is 3.09. The quantitative estimate of drug-likeness (QED) is 0.933. The number of ether oxygens (including phenoxy) is 1. The van der Waals surface area contributed by atoms with E-state index in [4.69, 9.17) is 4.74 Å². The van der Waals surface area contributed by atoms with Crippen molar-refractivity contribution in [2.24, 2.45) is 11.3 Å². The molecule has 1 aliphatic heterocycles. The maximum Gasteiger partial charge on any atom is 0.0809 e. The maximum atomic E-state index is 6.02. The third-order valence-electron chi connectivity index (χ3n) is 6.29. The standard InChI is InChI=1S/C18H22N2OS/c1-11(12-9-15-14(19-10-12)4-8-22-15)20-16-13-3-7-21-17(13)18(16)5-2-6-18/h4,8-11,13,16-17,20H,2-3,5-7H2,1H3/t11-,13+,16+,17-/m0/s1. The number of pyridine rings is 1. The van der Waals surface area contributed by atoms with Crippen molar-refractivity contribution in [3.63, 3.8) is 0 Å². The van der Waals surface area contributed by atoms with Crippen molar-refractivity contribution < 1.29 is 4.74 Å². The fourth-order valence-corrected chi connectivity index (χ4v) is 5.75. The van der Waals surface area contributed by atoms with E-state index in [-0.39, 0.29) is 0 Å². The van der Waals surface area contributed by atoms with Gasteiger partial charge in [0.1, 0.15) is 0 Å². The van der Waals surface area contributed by atoms with Crippen molar-refractivity contribution in [3.8, 4) is 0 Å². The summed E-state index contributed by atoms with van der Waals surface area (Å²) in [5, 5.41) is 6.06. The van der Waals surface area contributed by atoms with Crippen LogP contribution in [-0.2, 0) is 4.74 Å². The number of nitrogens with one attached hydrogen (secondary N) is 1. The Bertz CT molecular complexity index is 708. The molecule has 1 N–H and O–H groups in total. The first-order chi connectivity index (χ1) is 10.8. The van der Waals surface area contributed by atoms with Gasteiger partial charge in [-0.15, -0.1) is 11.3 Å². The topological polar surface area (TPSA) is 34.1 Å². The van der Waals surface area contributed by atoms with Crippen molar-refractivity contribution in [2.75, 3.05) is 6.61 Å². The Balaban J connectivity index is 1.38. The molecule has 2 aromatic rings. The summed E-state index contributed by atoms with van der Waals surface area (Å²) in [4.78, 5) is 4.60. The van der Waals surface area contributed by atoms with E-state index >= 15 is 0 Å². The lowest BCUT2D eigenvalue weighted by molar-refractivity contribution is -0.178. The molecule has 0 radical (unpaired) electrons. The number of hydrogen-bond donors (Lipinski definition) is 1. The molecule has 5 rings (SSSR count). The molecule has 3 heterocycles. The van der Waals surface area contributed by atoms with Crippen LogP contribution >= 0.6 is 11.3 Å². The van der Waals surface area contributed by atoms with Crippen LogP contribution in [0.25, 0.3) is 10.2 Å². The highest BCUT2D eigenvalue weighted by Gasteiger charge is 2.66. The molecule has 3 fully saturated rings. The van der Waals surface area contributed by atoms with Crippen LogP contribution in [0.1, 0.15) is 44.2 Å². The number of nitrogens with zero attached hydrogens (tertiary/aromatic N) is 1. The second-order valence-corrected chi connectivity index (χ2v) is 8.22. The van der Waals surface area contributed by atoms with Crippen molar-refractivity contribution in [3.05, 3.63) is 29.3 Å². The zero-order chi connectivity index (χ0) is 14.7. The molecule has 4 atom stereocenters. The van der Waals surface area contributed by atoms with Gasteiger partial charge in [-0.25, -0.2) is 0 Å². The lowest BCUT2D eigenvalue weighted by atomic mass is 9.46. The lowest BCUT2D eigenvalue weighted by Crippen LogP contribution is -2.71. The third-order valence-corrected chi connectivity index (χ3v) is 7.14. The summed E-state index contributed by atoms with van der Waals surface area (Å²) in [5.41, 5.74) is 2.88. The Morgan fingerprint density at radius 3 is 3.18 bits per heavy atom. The first-order valence-electron chi connectivity index (χ1n) is 8.49. The van der Waals surface area contributed by atoms with Gasteiger partial charge in [0.15, 0.2) is 0 Å². The summed E-state index contributed by atoms with van der Waals surface area (Å²) < 4.78 is 7.32. The maximum absolute atomic E-state index is 6.02. The normalized spacial score (nSPS) is 33.4. The molecule has 22 heavy (non-hydrogen) atoms. The monoisotopic (exact) mass is 314 g/mol. The van der Waals surface area contributed by atoms with Crippen LogP contribution in [0.4, 0.5) is 0 Å². The second-order valence-electron chi connectivity index (χ2n) is 7.27. The minimum absolute atomic E-state index is 0.364. The van der Waals surface area contributed by atoms with Crippen LogP contribution < -0.4 is 5.32 Å². The number of aromatic nitrogens is 1. The van der Waals surface area contributed by atoms with E-state index < -0.39 is 0 Å². The van der Waals surface area contributed by atoms with Crippen LogP contribution in [0.3, 0.4) is 0 Å². The Morgan fingerprint density at radius 2 is 2.36 bits per heavy atom. The predicted octanol–water partition coefficient (Wildman–Crippen LogP) is 3.90. The number of thiophene rings is 1. The van der Waals surface area contributed by atoms with Gasteiger partial charge in [0.25, 0.3) is 0 Å². The van der Waals surface area contributed by atoms with Gasteiger partial charge < -0.3 is 10.1 Å². The predicted molar refractivity (Wildman–Crippen MR) is 89.1 cm³/mol. The van der Waals surface area contributed by atoms with Gasteiger partial charge in [-0.05, 0) is 49.3 Å².